The quantitative estimate of drug-likeness (QED) is 0.673. The summed E-state index contributed by atoms with van der Waals surface area (Å²) in [6.07, 6.45) is 1.55. The van der Waals surface area contributed by atoms with Crippen molar-refractivity contribution in [2.75, 3.05) is 14.2 Å². The van der Waals surface area contributed by atoms with E-state index in [1.807, 2.05) is 27.0 Å². The minimum absolute atomic E-state index is 0.0519. The van der Waals surface area contributed by atoms with Gasteiger partial charge < -0.3 is 13.7 Å². The monoisotopic (exact) mass is 345 g/mol. The van der Waals surface area contributed by atoms with E-state index in [0.29, 0.717) is 23.6 Å². The Morgan fingerprint density at radius 3 is 2.76 bits per heavy atom. The fourth-order valence-corrected chi connectivity index (χ4v) is 2.52. The van der Waals surface area contributed by atoms with Crippen LogP contribution >= 0.6 is 0 Å². The van der Waals surface area contributed by atoms with Gasteiger partial charge in [0.05, 0.1) is 24.4 Å². The van der Waals surface area contributed by atoms with Crippen LogP contribution in [0, 0.1) is 12.7 Å². The number of oxazole rings is 1. The third-order valence-electron chi connectivity index (χ3n) is 4.25. The summed E-state index contributed by atoms with van der Waals surface area (Å²) < 4.78 is 29.8. The molecule has 6 nitrogen and oxygen atoms in total. The Morgan fingerprint density at radius 1 is 1.32 bits per heavy atom. The van der Waals surface area contributed by atoms with Crippen molar-refractivity contribution in [3.05, 3.63) is 53.5 Å². The number of aromatic nitrogens is 2. The van der Waals surface area contributed by atoms with E-state index in [0.717, 1.165) is 11.4 Å². The molecule has 0 saturated carbocycles. The lowest BCUT2D eigenvalue weighted by molar-refractivity contribution is 0.237. The van der Waals surface area contributed by atoms with Crippen molar-refractivity contribution in [2.24, 2.45) is 0 Å². The van der Waals surface area contributed by atoms with Crippen LogP contribution in [0.1, 0.15) is 30.1 Å². The molecule has 0 spiro atoms. The molecule has 0 fully saturated rings. The van der Waals surface area contributed by atoms with Crippen molar-refractivity contribution in [3.63, 3.8) is 0 Å². The van der Waals surface area contributed by atoms with Crippen LogP contribution in [0.5, 0.6) is 5.75 Å². The largest absolute Gasteiger partial charge is 0.497 e. The summed E-state index contributed by atoms with van der Waals surface area (Å²) in [4.78, 5) is 6.53. The van der Waals surface area contributed by atoms with Crippen LogP contribution in [0.25, 0.3) is 11.5 Å². The normalized spacial score (nSPS) is 12.6. The Hall–Kier alpha value is -2.67. The molecule has 0 saturated heterocycles. The SMILES string of the molecule is COc1ccc(-c2nc(CN(C)C(C)c3ccon3)c(C)o2)c(F)c1. The van der Waals surface area contributed by atoms with Gasteiger partial charge in [0.15, 0.2) is 0 Å². The molecule has 0 aliphatic carbocycles. The lowest BCUT2D eigenvalue weighted by Gasteiger charge is -2.21. The van der Waals surface area contributed by atoms with E-state index in [2.05, 4.69) is 15.0 Å². The highest BCUT2D eigenvalue weighted by Gasteiger charge is 2.20. The Balaban J connectivity index is 1.81. The van der Waals surface area contributed by atoms with Gasteiger partial charge in [-0.3, -0.25) is 4.90 Å². The number of nitrogens with zero attached hydrogens (tertiary/aromatic N) is 3. The zero-order valence-electron chi connectivity index (χ0n) is 14.6. The van der Waals surface area contributed by atoms with Crippen molar-refractivity contribution in [2.45, 2.75) is 26.4 Å². The fourth-order valence-electron chi connectivity index (χ4n) is 2.52. The predicted molar refractivity (Wildman–Crippen MR) is 89.6 cm³/mol. The molecule has 2 heterocycles. The van der Waals surface area contributed by atoms with Gasteiger partial charge in [-0.1, -0.05) is 5.16 Å². The number of hydrogen-bond donors (Lipinski definition) is 0. The third-order valence-corrected chi connectivity index (χ3v) is 4.25. The molecule has 25 heavy (non-hydrogen) atoms. The molecule has 1 unspecified atom stereocenters. The molecule has 1 atom stereocenters. The number of aryl methyl sites for hydroxylation is 1. The van der Waals surface area contributed by atoms with Crippen LogP contribution < -0.4 is 4.74 Å². The first kappa shape index (κ1) is 17.2. The van der Waals surface area contributed by atoms with Gasteiger partial charge in [-0.15, -0.1) is 0 Å². The first-order valence-electron chi connectivity index (χ1n) is 7.90. The van der Waals surface area contributed by atoms with E-state index in [1.54, 1.807) is 18.4 Å². The van der Waals surface area contributed by atoms with Gasteiger partial charge in [-0.25, -0.2) is 9.37 Å². The maximum absolute atomic E-state index is 14.2. The number of rotatable bonds is 6. The molecule has 1 aromatic carbocycles. The van der Waals surface area contributed by atoms with Crippen molar-refractivity contribution in [1.29, 1.82) is 0 Å². The maximum Gasteiger partial charge on any atom is 0.229 e. The van der Waals surface area contributed by atoms with Gasteiger partial charge in [0, 0.05) is 18.7 Å². The molecule has 3 aromatic rings. The molecule has 3 rings (SSSR count). The summed E-state index contributed by atoms with van der Waals surface area (Å²) in [6.45, 7) is 4.39. The molecule has 0 amide bonds. The van der Waals surface area contributed by atoms with E-state index in [1.165, 1.54) is 13.2 Å². The van der Waals surface area contributed by atoms with E-state index >= 15 is 0 Å². The van der Waals surface area contributed by atoms with E-state index < -0.39 is 5.82 Å². The zero-order chi connectivity index (χ0) is 18.0. The highest BCUT2D eigenvalue weighted by atomic mass is 19.1. The molecule has 0 aliphatic heterocycles. The molecule has 2 aromatic heterocycles. The minimum Gasteiger partial charge on any atom is -0.497 e. The summed E-state index contributed by atoms with van der Waals surface area (Å²) >= 11 is 0. The highest BCUT2D eigenvalue weighted by molar-refractivity contribution is 5.56. The first-order valence-corrected chi connectivity index (χ1v) is 7.90. The molecular formula is C18H20FN3O3. The molecule has 0 radical (unpaired) electrons. The van der Waals surface area contributed by atoms with Crippen molar-refractivity contribution in [3.8, 4) is 17.2 Å². The van der Waals surface area contributed by atoms with Gasteiger partial charge in [0.2, 0.25) is 5.89 Å². The Labute approximate surface area is 145 Å². The third kappa shape index (κ3) is 3.56. The standard InChI is InChI=1S/C18H20FN3O3/c1-11(16-7-8-24-21-16)22(3)10-17-12(2)25-18(20-17)14-6-5-13(23-4)9-15(14)19/h5-9,11H,10H2,1-4H3. The average molecular weight is 345 g/mol. The first-order chi connectivity index (χ1) is 12.0. The maximum atomic E-state index is 14.2. The molecule has 0 bridgehead atoms. The number of benzene rings is 1. The van der Waals surface area contributed by atoms with Crippen LogP contribution in [0.3, 0.4) is 0 Å². The smallest absolute Gasteiger partial charge is 0.229 e. The van der Waals surface area contributed by atoms with Crippen molar-refractivity contribution < 1.29 is 18.1 Å². The Bertz CT molecular complexity index is 845. The molecular weight excluding hydrogens is 325 g/mol. The van der Waals surface area contributed by atoms with E-state index in [-0.39, 0.29) is 11.9 Å². The van der Waals surface area contributed by atoms with E-state index in [9.17, 15) is 4.39 Å². The summed E-state index contributed by atoms with van der Waals surface area (Å²) in [5.74, 6) is 0.932. The number of methoxy groups -OCH3 is 1. The van der Waals surface area contributed by atoms with Gasteiger partial charge in [-0.2, -0.15) is 0 Å². The lowest BCUT2D eigenvalue weighted by Crippen LogP contribution is -2.22. The highest BCUT2D eigenvalue weighted by Crippen LogP contribution is 2.28. The Kier molecular flexibility index (Phi) is 4.85. The van der Waals surface area contributed by atoms with Gasteiger partial charge in [0.25, 0.3) is 0 Å². The fraction of sp³-hybridized carbons (Fsp3) is 0.333. The Morgan fingerprint density at radius 2 is 2.12 bits per heavy atom. The zero-order valence-corrected chi connectivity index (χ0v) is 14.6. The van der Waals surface area contributed by atoms with Crippen LogP contribution in [-0.4, -0.2) is 29.2 Å². The number of hydrogen-bond acceptors (Lipinski definition) is 6. The molecule has 7 heteroatoms. The van der Waals surface area contributed by atoms with Crippen LogP contribution in [0.15, 0.2) is 39.5 Å². The van der Waals surface area contributed by atoms with Crippen LogP contribution in [0.4, 0.5) is 4.39 Å². The van der Waals surface area contributed by atoms with Crippen LogP contribution in [0.2, 0.25) is 0 Å². The van der Waals surface area contributed by atoms with Crippen molar-refractivity contribution >= 4 is 0 Å². The molecule has 132 valence electrons. The summed E-state index contributed by atoms with van der Waals surface area (Å²) in [6, 6.07) is 6.47. The number of ether oxygens (including phenoxy) is 1. The second-order valence-corrected chi connectivity index (χ2v) is 5.88. The van der Waals surface area contributed by atoms with Gasteiger partial charge in [-0.05, 0) is 33.0 Å². The summed E-state index contributed by atoms with van der Waals surface area (Å²) in [5.41, 5.74) is 1.90. The minimum atomic E-state index is -0.434. The average Bonchev–Trinajstić information content (AvgIpc) is 3.24. The predicted octanol–water partition coefficient (Wildman–Crippen LogP) is 3.98. The van der Waals surface area contributed by atoms with Gasteiger partial charge in [0.1, 0.15) is 29.3 Å². The second-order valence-electron chi connectivity index (χ2n) is 5.88. The van der Waals surface area contributed by atoms with E-state index in [4.69, 9.17) is 13.7 Å². The summed E-state index contributed by atoms with van der Waals surface area (Å²) in [5, 5.41) is 3.96. The second kappa shape index (κ2) is 7.06. The topological polar surface area (TPSA) is 64.5 Å². The van der Waals surface area contributed by atoms with Crippen molar-refractivity contribution in [1.82, 2.24) is 15.0 Å². The van der Waals surface area contributed by atoms with Crippen LogP contribution in [-0.2, 0) is 6.54 Å². The molecule has 0 N–H and O–H groups in total. The lowest BCUT2D eigenvalue weighted by atomic mass is 10.2. The summed E-state index contributed by atoms with van der Waals surface area (Å²) in [7, 11) is 3.45. The van der Waals surface area contributed by atoms with Gasteiger partial charge >= 0.3 is 0 Å². The molecule has 0 aliphatic rings. The number of halogens is 1.